The zero-order chi connectivity index (χ0) is 16.1. The summed E-state index contributed by atoms with van der Waals surface area (Å²) in [6.45, 7) is 2.22. The molecule has 0 radical (unpaired) electrons. The van der Waals surface area contributed by atoms with Gasteiger partial charge in [0, 0.05) is 18.8 Å². The number of urea groups is 1. The predicted octanol–water partition coefficient (Wildman–Crippen LogP) is 2.88. The average molecular weight is 333 g/mol. The molecule has 0 atom stereocenters. The summed E-state index contributed by atoms with van der Waals surface area (Å²) >= 11 is 1.33. The minimum atomic E-state index is -0.313. The molecule has 2 heterocycles. The predicted molar refractivity (Wildman–Crippen MR) is 87.6 cm³/mol. The van der Waals surface area contributed by atoms with Gasteiger partial charge in [0.1, 0.15) is 11.1 Å². The first kappa shape index (κ1) is 15.7. The van der Waals surface area contributed by atoms with Gasteiger partial charge in [0.25, 0.3) is 0 Å². The van der Waals surface area contributed by atoms with Crippen molar-refractivity contribution in [3.8, 4) is 5.88 Å². The van der Waals surface area contributed by atoms with Crippen LogP contribution in [0.1, 0.15) is 36.3 Å². The molecule has 0 bridgehead atoms. The second kappa shape index (κ2) is 7.36. The van der Waals surface area contributed by atoms with Crippen molar-refractivity contribution in [2.24, 2.45) is 0 Å². The van der Waals surface area contributed by atoms with Crippen LogP contribution in [-0.4, -0.2) is 27.3 Å². The fourth-order valence-corrected chi connectivity index (χ4v) is 3.02. The monoisotopic (exact) mass is 333 g/mol. The van der Waals surface area contributed by atoms with Gasteiger partial charge >= 0.3 is 6.03 Å². The first-order valence-electron chi connectivity index (χ1n) is 7.65. The van der Waals surface area contributed by atoms with Gasteiger partial charge in [0.15, 0.2) is 0 Å². The van der Waals surface area contributed by atoms with Crippen molar-refractivity contribution in [3.05, 3.63) is 28.9 Å². The molecule has 1 aliphatic carbocycles. The van der Waals surface area contributed by atoms with Crippen LogP contribution < -0.4 is 15.4 Å². The number of amides is 2. The van der Waals surface area contributed by atoms with E-state index in [0.29, 0.717) is 23.7 Å². The third kappa shape index (κ3) is 4.62. The normalized spacial score (nSPS) is 14.7. The Balaban J connectivity index is 1.45. The Morgan fingerprint density at radius 1 is 1.35 bits per heavy atom. The van der Waals surface area contributed by atoms with E-state index < -0.39 is 0 Å². The minimum Gasteiger partial charge on any atom is -0.474 e. The van der Waals surface area contributed by atoms with Crippen LogP contribution in [0.3, 0.4) is 0 Å². The smallest absolute Gasteiger partial charge is 0.321 e. The third-order valence-corrected chi connectivity index (χ3v) is 4.34. The Kier molecular flexibility index (Phi) is 5.02. The summed E-state index contributed by atoms with van der Waals surface area (Å²) in [5.41, 5.74) is 0.910. The molecule has 8 heteroatoms. The van der Waals surface area contributed by atoms with Crippen molar-refractivity contribution in [2.75, 3.05) is 5.32 Å². The number of aromatic nitrogens is 3. The molecule has 2 aromatic rings. The van der Waals surface area contributed by atoms with Gasteiger partial charge in [-0.15, -0.1) is 10.2 Å². The summed E-state index contributed by atoms with van der Waals surface area (Å²) in [6.07, 6.45) is 6.70. The summed E-state index contributed by atoms with van der Waals surface area (Å²) in [6, 6.07) is 3.45. The highest BCUT2D eigenvalue weighted by molar-refractivity contribution is 7.15. The molecular formula is C15H19N5O2S. The topological polar surface area (TPSA) is 89.0 Å². The number of anilines is 1. The van der Waals surface area contributed by atoms with Crippen molar-refractivity contribution in [3.63, 3.8) is 0 Å². The van der Waals surface area contributed by atoms with Gasteiger partial charge in [-0.25, -0.2) is 9.78 Å². The molecule has 2 aromatic heterocycles. The summed E-state index contributed by atoms with van der Waals surface area (Å²) in [5, 5.41) is 14.4. The van der Waals surface area contributed by atoms with Crippen LogP contribution in [0.25, 0.3) is 0 Å². The summed E-state index contributed by atoms with van der Waals surface area (Å²) < 4.78 is 5.81. The van der Waals surface area contributed by atoms with Crippen molar-refractivity contribution >= 4 is 22.5 Å². The van der Waals surface area contributed by atoms with E-state index >= 15 is 0 Å². The van der Waals surface area contributed by atoms with Crippen LogP contribution in [0.5, 0.6) is 5.88 Å². The number of pyridine rings is 1. The molecular weight excluding hydrogens is 314 g/mol. The van der Waals surface area contributed by atoms with E-state index in [2.05, 4.69) is 25.8 Å². The quantitative estimate of drug-likeness (QED) is 0.878. The molecule has 0 saturated heterocycles. The molecule has 1 aliphatic rings. The Labute approximate surface area is 138 Å². The first-order valence-corrected chi connectivity index (χ1v) is 8.47. The Hall–Kier alpha value is -2.22. The molecule has 0 aliphatic heterocycles. The highest BCUT2D eigenvalue weighted by atomic mass is 32.1. The van der Waals surface area contributed by atoms with E-state index in [1.165, 1.54) is 24.2 Å². The van der Waals surface area contributed by atoms with Gasteiger partial charge in [-0.05, 0) is 38.2 Å². The molecule has 122 valence electrons. The third-order valence-electron chi connectivity index (χ3n) is 3.59. The van der Waals surface area contributed by atoms with E-state index in [9.17, 15) is 4.79 Å². The first-order chi connectivity index (χ1) is 11.2. The zero-order valence-electron chi connectivity index (χ0n) is 12.9. The Bertz CT molecular complexity index is 652. The van der Waals surface area contributed by atoms with Crippen molar-refractivity contribution in [1.82, 2.24) is 20.5 Å². The highest BCUT2D eigenvalue weighted by Crippen LogP contribution is 2.22. The fraction of sp³-hybridized carbons (Fsp3) is 0.467. The number of carbonyl (C=O) groups excluding carboxylic acids is 1. The molecule has 0 aromatic carbocycles. The van der Waals surface area contributed by atoms with Crippen molar-refractivity contribution in [1.29, 1.82) is 0 Å². The minimum absolute atomic E-state index is 0.299. The highest BCUT2D eigenvalue weighted by Gasteiger charge is 2.16. The van der Waals surface area contributed by atoms with E-state index in [1.807, 2.05) is 19.1 Å². The number of ether oxygens (including phenoxy) is 1. The van der Waals surface area contributed by atoms with Gasteiger partial charge in [0.05, 0.1) is 0 Å². The average Bonchev–Trinajstić information content (AvgIpc) is 3.19. The molecule has 2 amide bonds. The molecule has 3 rings (SSSR count). The van der Waals surface area contributed by atoms with Gasteiger partial charge in [-0.3, -0.25) is 5.32 Å². The van der Waals surface area contributed by atoms with Crippen LogP contribution in [0.2, 0.25) is 0 Å². The summed E-state index contributed by atoms with van der Waals surface area (Å²) in [5.74, 6) is 0.648. The van der Waals surface area contributed by atoms with E-state index in [0.717, 1.165) is 23.4 Å². The van der Waals surface area contributed by atoms with Gasteiger partial charge in [-0.2, -0.15) is 0 Å². The number of hydrogen-bond acceptors (Lipinski definition) is 6. The van der Waals surface area contributed by atoms with E-state index in [1.54, 1.807) is 6.20 Å². The zero-order valence-corrected chi connectivity index (χ0v) is 13.7. The van der Waals surface area contributed by atoms with Crippen molar-refractivity contribution in [2.45, 2.75) is 45.3 Å². The summed E-state index contributed by atoms with van der Waals surface area (Å²) in [7, 11) is 0. The van der Waals surface area contributed by atoms with E-state index in [-0.39, 0.29) is 6.03 Å². The maximum atomic E-state index is 11.8. The SMILES string of the molecule is Cc1nnc(NC(=O)NCc2ccc(OC3CCCC3)nc2)s1. The molecule has 0 spiro atoms. The van der Waals surface area contributed by atoms with Crippen molar-refractivity contribution < 1.29 is 9.53 Å². The number of nitrogens with zero attached hydrogens (tertiary/aromatic N) is 3. The molecule has 23 heavy (non-hydrogen) atoms. The lowest BCUT2D eigenvalue weighted by Gasteiger charge is -2.12. The number of rotatable bonds is 5. The summed E-state index contributed by atoms with van der Waals surface area (Å²) in [4.78, 5) is 16.1. The van der Waals surface area contributed by atoms with Gasteiger partial charge < -0.3 is 10.1 Å². The number of nitrogens with one attached hydrogen (secondary N) is 2. The Morgan fingerprint density at radius 3 is 2.83 bits per heavy atom. The second-order valence-corrected chi connectivity index (χ2v) is 6.64. The lowest BCUT2D eigenvalue weighted by molar-refractivity contribution is 0.201. The van der Waals surface area contributed by atoms with Gasteiger partial charge in [0.2, 0.25) is 11.0 Å². The Morgan fingerprint density at radius 2 is 2.17 bits per heavy atom. The molecule has 1 fully saturated rings. The maximum absolute atomic E-state index is 11.8. The maximum Gasteiger partial charge on any atom is 0.321 e. The number of aryl methyl sites for hydroxylation is 1. The van der Waals surface area contributed by atoms with E-state index in [4.69, 9.17) is 4.74 Å². The largest absolute Gasteiger partial charge is 0.474 e. The lowest BCUT2D eigenvalue weighted by atomic mass is 10.3. The van der Waals surface area contributed by atoms with Crippen LogP contribution in [0.15, 0.2) is 18.3 Å². The van der Waals surface area contributed by atoms with Crippen LogP contribution in [0.4, 0.5) is 9.93 Å². The second-order valence-electron chi connectivity index (χ2n) is 5.46. The molecule has 7 nitrogen and oxygen atoms in total. The molecule has 0 unspecified atom stereocenters. The van der Waals surface area contributed by atoms with Crippen LogP contribution in [0, 0.1) is 6.92 Å². The molecule has 1 saturated carbocycles. The fourth-order valence-electron chi connectivity index (χ4n) is 2.43. The lowest BCUT2D eigenvalue weighted by Crippen LogP contribution is -2.28. The number of carbonyl (C=O) groups is 1. The van der Waals surface area contributed by atoms with Crippen LogP contribution >= 0.6 is 11.3 Å². The number of hydrogen-bond donors (Lipinski definition) is 2. The molecule has 2 N–H and O–H groups in total. The van der Waals surface area contributed by atoms with Gasteiger partial charge in [-0.1, -0.05) is 17.4 Å². The van der Waals surface area contributed by atoms with Crippen LogP contribution in [-0.2, 0) is 6.54 Å². The standard InChI is InChI=1S/C15H19N5O2S/c1-10-19-20-15(23-10)18-14(21)17-9-11-6-7-13(16-8-11)22-12-4-2-3-5-12/h6-8,12H,2-5,9H2,1H3,(H2,17,18,20,21).